The van der Waals surface area contributed by atoms with Crippen LogP contribution in [0.5, 0.6) is 0 Å². The predicted octanol–water partition coefficient (Wildman–Crippen LogP) is 3.65. The number of rotatable bonds is 9. The highest BCUT2D eigenvalue weighted by atomic mass is 16.6. The zero-order chi connectivity index (χ0) is 23.0. The van der Waals surface area contributed by atoms with Crippen molar-refractivity contribution in [2.75, 3.05) is 12.8 Å². The lowest BCUT2D eigenvalue weighted by molar-refractivity contribution is -0.156. The molecule has 3 N–H and O–H groups in total. The number of carbonyl (C=O) groups excluding carboxylic acids is 2. The Morgan fingerprint density at radius 2 is 1.84 bits per heavy atom. The first kappa shape index (κ1) is 23.7. The summed E-state index contributed by atoms with van der Waals surface area (Å²) in [4.78, 5) is 34.7. The summed E-state index contributed by atoms with van der Waals surface area (Å²) in [7, 11) is 1.30. The Labute approximate surface area is 181 Å². The quantitative estimate of drug-likeness (QED) is 0.358. The molecular formula is C24H27NO6. The standard InChI is InChI=1S/C24H27NO6/c1-24(2,15-19-9-5-7-17(22(19)25)11-13-20(26)30-3)31-21(27)12-10-16-6-4-8-18(14-16)23(28)29/h4-9,11,13-14H,10,12,15,25H2,1-3H3,(H,28,29)/b13-11+. The van der Waals surface area contributed by atoms with E-state index in [-0.39, 0.29) is 18.0 Å². The van der Waals surface area contributed by atoms with E-state index in [0.717, 1.165) is 11.1 Å². The summed E-state index contributed by atoms with van der Waals surface area (Å²) in [5.41, 5.74) is 8.32. The third-order valence-electron chi connectivity index (χ3n) is 4.63. The van der Waals surface area contributed by atoms with Gasteiger partial charge in [-0.05, 0) is 55.2 Å². The molecule has 2 rings (SSSR count). The van der Waals surface area contributed by atoms with Crippen LogP contribution in [0, 0.1) is 0 Å². The fraction of sp³-hybridized carbons (Fsp3) is 0.292. The van der Waals surface area contributed by atoms with Gasteiger partial charge in [-0.3, -0.25) is 4.79 Å². The van der Waals surface area contributed by atoms with Crippen molar-refractivity contribution < 1.29 is 29.0 Å². The molecule has 0 aromatic heterocycles. The zero-order valence-corrected chi connectivity index (χ0v) is 17.9. The summed E-state index contributed by atoms with van der Waals surface area (Å²) in [5, 5.41) is 9.07. The number of nitrogen functional groups attached to an aromatic ring is 1. The van der Waals surface area contributed by atoms with Gasteiger partial charge in [0.1, 0.15) is 5.60 Å². The summed E-state index contributed by atoms with van der Waals surface area (Å²) < 4.78 is 10.2. The van der Waals surface area contributed by atoms with Crippen LogP contribution in [0.15, 0.2) is 48.5 Å². The fourth-order valence-electron chi connectivity index (χ4n) is 3.12. The Bertz CT molecular complexity index is 993. The minimum Gasteiger partial charge on any atom is -0.478 e. The van der Waals surface area contributed by atoms with Crippen LogP contribution >= 0.6 is 0 Å². The first-order valence-corrected chi connectivity index (χ1v) is 9.79. The number of benzene rings is 2. The average Bonchev–Trinajstić information content (AvgIpc) is 2.72. The first-order valence-electron chi connectivity index (χ1n) is 9.79. The number of esters is 2. The van der Waals surface area contributed by atoms with Gasteiger partial charge in [-0.2, -0.15) is 0 Å². The van der Waals surface area contributed by atoms with Gasteiger partial charge >= 0.3 is 17.9 Å². The van der Waals surface area contributed by atoms with Gasteiger partial charge in [-0.15, -0.1) is 0 Å². The monoisotopic (exact) mass is 425 g/mol. The molecule has 2 aromatic rings. The molecule has 0 saturated heterocycles. The third-order valence-corrected chi connectivity index (χ3v) is 4.63. The summed E-state index contributed by atoms with van der Waals surface area (Å²) in [6.45, 7) is 3.60. The van der Waals surface area contributed by atoms with E-state index in [9.17, 15) is 14.4 Å². The summed E-state index contributed by atoms with van der Waals surface area (Å²) in [6.07, 6.45) is 3.77. The van der Waals surface area contributed by atoms with E-state index >= 15 is 0 Å². The van der Waals surface area contributed by atoms with Crippen LogP contribution in [-0.4, -0.2) is 35.7 Å². The number of nitrogens with two attached hydrogens (primary N) is 1. The molecule has 0 bridgehead atoms. The Hall–Kier alpha value is -3.61. The maximum atomic E-state index is 12.4. The molecule has 0 fully saturated rings. The molecule has 7 heteroatoms. The number of carboxylic acids is 1. The molecule has 0 saturated carbocycles. The SMILES string of the molecule is COC(=O)/C=C/c1cccc(CC(C)(C)OC(=O)CCc2cccc(C(=O)O)c2)c1N. The lowest BCUT2D eigenvalue weighted by Gasteiger charge is -2.26. The normalized spacial score (nSPS) is 11.3. The van der Waals surface area contributed by atoms with Gasteiger partial charge in [-0.25, -0.2) is 9.59 Å². The van der Waals surface area contributed by atoms with Crippen LogP contribution in [-0.2, 0) is 31.9 Å². The minimum absolute atomic E-state index is 0.129. The number of aromatic carboxylic acids is 1. The third kappa shape index (κ3) is 7.29. The molecule has 164 valence electrons. The molecule has 0 unspecified atom stereocenters. The van der Waals surface area contributed by atoms with Gasteiger partial charge in [0.15, 0.2) is 0 Å². The zero-order valence-electron chi connectivity index (χ0n) is 17.9. The van der Waals surface area contributed by atoms with Gasteiger partial charge in [0.05, 0.1) is 12.7 Å². The van der Waals surface area contributed by atoms with Crippen molar-refractivity contribution >= 4 is 29.7 Å². The van der Waals surface area contributed by atoms with Crippen LogP contribution in [0.1, 0.15) is 47.3 Å². The molecule has 0 aliphatic carbocycles. The molecule has 0 aliphatic heterocycles. The number of hydrogen-bond donors (Lipinski definition) is 2. The smallest absolute Gasteiger partial charge is 0.335 e. The number of ether oxygens (including phenoxy) is 2. The molecule has 0 aliphatic rings. The Morgan fingerprint density at radius 3 is 2.52 bits per heavy atom. The van der Waals surface area contributed by atoms with Crippen molar-refractivity contribution in [2.45, 2.75) is 38.7 Å². The van der Waals surface area contributed by atoms with E-state index in [2.05, 4.69) is 4.74 Å². The average molecular weight is 425 g/mol. The predicted molar refractivity (Wildman–Crippen MR) is 118 cm³/mol. The van der Waals surface area contributed by atoms with Crippen LogP contribution in [0.4, 0.5) is 5.69 Å². The van der Waals surface area contributed by atoms with Crippen LogP contribution in [0.3, 0.4) is 0 Å². The van der Waals surface area contributed by atoms with E-state index in [1.807, 2.05) is 12.1 Å². The summed E-state index contributed by atoms with van der Waals surface area (Å²) in [5.74, 6) is -1.87. The summed E-state index contributed by atoms with van der Waals surface area (Å²) in [6, 6.07) is 11.9. The molecule has 31 heavy (non-hydrogen) atoms. The highest BCUT2D eigenvalue weighted by Crippen LogP contribution is 2.26. The molecule has 0 atom stereocenters. The van der Waals surface area contributed by atoms with Gasteiger partial charge in [0.2, 0.25) is 0 Å². The maximum Gasteiger partial charge on any atom is 0.335 e. The number of anilines is 1. The molecular weight excluding hydrogens is 398 g/mol. The van der Waals surface area contributed by atoms with Crippen molar-refractivity contribution in [1.82, 2.24) is 0 Å². The number of aryl methyl sites for hydroxylation is 1. The maximum absolute atomic E-state index is 12.4. The molecule has 2 aromatic carbocycles. The van der Waals surface area contributed by atoms with E-state index < -0.39 is 17.5 Å². The second kappa shape index (κ2) is 10.4. The lowest BCUT2D eigenvalue weighted by Crippen LogP contribution is -2.31. The van der Waals surface area contributed by atoms with Crippen molar-refractivity contribution in [3.05, 3.63) is 70.8 Å². The lowest BCUT2D eigenvalue weighted by atomic mass is 9.95. The second-order valence-electron chi connectivity index (χ2n) is 7.69. The largest absolute Gasteiger partial charge is 0.478 e. The van der Waals surface area contributed by atoms with E-state index in [0.29, 0.717) is 24.1 Å². The van der Waals surface area contributed by atoms with Crippen molar-refractivity contribution in [3.8, 4) is 0 Å². The van der Waals surface area contributed by atoms with E-state index in [4.69, 9.17) is 15.6 Å². The van der Waals surface area contributed by atoms with Crippen molar-refractivity contribution in [2.24, 2.45) is 0 Å². The Morgan fingerprint density at radius 1 is 1.13 bits per heavy atom. The van der Waals surface area contributed by atoms with Gasteiger partial charge in [-0.1, -0.05) is 30.3 Å². The molecule has 0 spiro atoms. The molecule has 0 radical (unpaired) electrons. The van der Waals surface area contributed by atoms with Crippen LogP contribution in [0.25, 0.3) is 6.08 Å². The van der Waals surface area contributed by atoms with E-state index in [1.54, 1.807) is 44.2 Å². The highest BCUT2D eigenvalue weighted by molar-refractivity contribution is 5.88. The number of methoxy groups -OCH3 is 1. The van der Waals surface area contributed by atoms with E-state index in [1.165, 1.54) is 19.3 Å². The van der Waals surface area contributed by atoms with Crippen LogP contribution < -0.4 is 5.73 Å². The molecule has 0 heterocycles. The van der Waals surface area contributed by atoms with Crippen molar-refractivity contribution in [3.63, 3.8) is 0 Å². The van der Waals surface area contributed by atoms with Gasteiger partial charge in [0.25, 0.3) is 0 Å². The Kier molecular flexibility index (Phi) is 7.96. The van der Waals surface area contributed by atoms with Crippen molar-refractivity contribution in [1.29, 1.82) is 0 Å². The number of carboxylic acid groups (broad SMARTS) is 1. The number of carbonyl (C=O) groups is 3. The minimum atomic E-state index is -1.01. The number of hydrogen-bond acceptors (Lipinski definition) is 6. The van der Waals surface area contributed by atoms with Gasteiger partial charge < -0.3 is 20.3 Å². The second-order valence-corrected chi connectivity index (χ2v) is 7.69. The molecule has 0 amide bonds. The molecule has 7 nitrogen and oxygen atoms in total. The highest BCUT2D eigenvalue weighted by Gasteiger charge is 2.24. The number of para-hydroxylation sites is 1. The first-order chi connectivity index (χ1) is 14.6. The van der Waals surface area contributed by atoms with Gasteiger partial charge in [0, 0.05) is 24.6 Å². The fourth-order valence-corrected chi connectivity index (χ4v) is 3.12. The Balaban J connectivity index is 2.00. The summed E-state index contributed by atoms with van der Waals surface area (Å²) >= 11 is 0. The van der Waals surface area contributed by atoms with Crippen LogP contribution in [0.2, 0.25) is 0 Å². The topological polar surface area (TPSA) is 116 Å².